The van der Waals surface area contributed by atoms with Crippen LogP contribution in [-0.4, -0.2) is 11.3 Å². The van der Waals surface area contributed by atoms with Crippen molar-refractivity contribution in [3.63, 3.8) is 0 Å². The van der Waals surface area contributed by atoms with Crippen LogP contribution < -0.4 is 0 Å². The van der Waals surface area contributed by atoms with E-state index in [0.717, 1.165) is 6.29 Å². The van der Waals surface area contributed by atoms with E-state index in [1.165, 1.54) is 11.3 Å². The van der Waals surface area contributed by atoms with E-state index in [2.05, 4.69) is 20.9 Å². The van der Waals surface area contributed by atoms with Crippen LogP contribution in [0.15, 0.2) is 0 Å². The summed E-state index contributed by atoms with van der Waals surface area (Å²) in [6.07, 6.45) is 0.764. The Morgan fingerprint density at radius 2 is 2.50 bits per heavy atom. The van der Waals surface area contributed by atoms with Crippen molar-refractivity contribution in [1.29, 1.82) is 0 Å². The van der Waals surface area contributed by atoms with Crippen LogP contribution in [0.25, 0.3) is 0 Å². The molecule has 0 radical (unpaired) electrons. The zero-order valence-electron chi connectivity index (χ0n) is 4.80. The molecule has 0 aromatic carbocycles. The molecule has 10 heavy (non-hydrogen) atoms. The number of halogens is 2. The highest BCUT2D eigenvalue weighted by Crippen LogP contribution is 2.22. The molecule has 0 N–H and O–H groups in total. The number of aromatic nitrogens is 1. The van der Waals surface area contributed by atoms with Crippen molar-refractivity contribution in [2.45, 2.75) is 5.33 Å². The zero-order valence-corrected chi connectivity index (χ0v) is 7.96. The summed E-state index contributed by atoms with van der Waals surface area (Å²) in [6.45, 7) is 0. The fourth-order valence-electron chi connectivity index (χ4n) is 0.521. The number of alkyl halides is 1. The van der Waals surface area contributed by atoms with Gasteiger partial charge in [-0.25, -0.2) is 4.98 Å². The van der Waals surface area contributed by atoms with Crippen LogP contribution in [0.2, 0.25) is 4.47 Å². The zero-order chi connectivity index (χ0) is 7.56. The van der Waals surface area contributed by atoms with Crippen molar-refractivity contribution in [3.05, 3.63) is 15.0 Å². The first-order valence-electron chi connectivity index (χ1n) is 2.44. The molecule has 0 amide bonds. The highest BCUT2D eigenvalue weighted by atomic mass is 79.9. The number of nitrogens with zero attached hydrogens (tertiary/aromatic N) is 1. The number of carbonyl (C=O) groups is 1. The van der Waals surface area contributed by atoms with Gasteiger partial charge in [-0.1, -0.05) is 38.9 Å². The van der Waals surface area contributed by atoms with E-state index in [4.69, 9.17) is 11.6 Å². The van der Waals surface area contributed by atoms with Crippen LogP contribution in [0.5, 0.6) is 0 Å². The molecule has 1 aromatic rings. The van der Waals surface area contributed by atoms with Gasteiger partial charge in [0.1, 0.15) is 0 Å². The van der Waals surface area contributed by atoms with E-state index >= 15 is 0 Å². The Morgan fingerprint density at radius 3 is 2.90 bits per heavy atom. The van der Waals surface area contributed by atoms with Gasteiger partial charge in [0.25, 0.3) is 0 Å². The molecule has 1 heterocycles. The maximum absolute atomic E-state index is 10.3. The second-order valence-electron chi connectivity index (χ2n) is 1.53. The molecule has 0 aliphatic heterocycles. The smallest absolute Gasteiger partial charge is 0.184 e. The lowest BCUT2D eigenvalue weighted by Gasteiger charge is -1.83. The molecule has 1 rings (SSSR count). The summed E-state index contributed by atoms with van der Waals surface area (Å²) in [5.41, 5.74) is 0.713. The third-order valence-electron chi connectivity index (χ3n) is 0.935. The van der Waals surface area contributed by atoms with Crippen LogP contribution in [-0.2, 0) is 5.33 Å². The number of hydrogen-bond donors (Lipinski definition) is 0. The van der Waals surface area contributed by atoms with Gasteiger partial charge in [-0.3, -0.25) is 4.79 Å². The molecule has 1 aromatic heterocycles. The first-order chi connectivity index (χ1) is 4.77. The summed E-state index contributed by atoms with van der Waals surface area (Å²) in [4.78, 5) is 14.8. The van der Waals surface area contributed by atoms with E-state index in [1.807, 2.05) is 0 Å². The average Bonchev–Trinajstić information content (AvgIpc) is 2.30. The molecule has 54 valence electrons. The number of rotatable bonds is 2. The van der Waals surface area contributed by atoms with Crippen molar-refractivity contribution in [3.8, 4) is 0 Å². The van der Waals surface area contributed by atoms with Gasteiger partial charge in [0.15, 0.2) is 10.8 Å². The molecular weight excluding hydrogens is 237 g/mol. The molecule has 0 saturated carbocycles. The fourth-order valence-corrected chi connectivity index (χ4v) is 2.11. The maximum atomic E-state index is 10.3. The van der Waals surface area contributed by atoms with E-state index in [9.17, 15) is 4.79 Å². The van der Waals surface area contributed by atoms with Crippen LogP contribution in [0, 0.1) is 0 Å². The normalized spacial score (nSPS) is 9.80. The molecule has 0 bridgehead atoms. The molecule has 0 aliphatic carbocycles. The molecular formula is C5H3BrClNOS. The molecule has 0 atom stereocenters. The molecule has 0 unspecified atom stereocenters. The van der Waals surface area contributed by atoms with Gasteiger partial charge in [0.2, 0.25) is 0 Å². The van der Waals surface area contributed by atoms with Gasteiger partial charge >= 0.3 is 0 Å². The van der Waals surface area contributed by atoms with Crippen molar-refractivity contribution in [1.82, 2.24) is 4.98 Å². The van der Waals surface area contributed by atoms with Gasteiger partial charge < -0.3 is 0 Å². The van der Waals surface area contributed by atoms with Gasteiger partial charge in [0, 0.05) is 5.33 Å². The van der Waals surface area contributed by atoms with Crippen molar-refractivity contribution in [2.24, 2.45) is 0 Å². The lowest BCUT2D eigenvalue weighted by molar-refractivity contribution is 0.112. The molecule has 0 saturated heterocycles. The summed E-state index contributed by atoms with van der Waals surface area (Å²) in [5.74, 6) is 0. The summed E-state index contributed by atoms with van der Waals surface area (Å²) in [6, 6.07) is 0. The van der Waals surface area contributed by atoms with Gasteiger partial charge in [0.05, 0.1) is 10.6 Å². The Bertz CT molecular complexity index is 250. The third kappa shape index (κ3) is 1.56. The molecule has 0 aliphatic rings. The Kier molecular flexibility index (Phi) is 2.82. The van der Waals surface area contributed by atoms with Gasteiger partial charge in [-0.05, 0) is 0 Å². The minimum atomic E-state index is 0.413. The summed E-state index contributed by atoms with van der Waals surface area (Å²) < 4.78 is 0.413. The fraction of sp³-hybridized carbons (Fsp3) is 0.200. The predicted molar refractivity (Wildman–Crippen MR) is 45.1 cm³/mol. The van der Waals surface area contributed by atoms with E-state index in [0.29, 0.717) is 20.4 Å². The first kappa shape index (κ1) is 8.17. The second-order valence-corrected chi connectivity index (χ2v) is 3.70. The molecule has 2 nitrogen and oxygen atoms in total. The predicted octanol–water partition coefficient (Wildman–Crippen LogP) is 2.50. The third-order valence-corrected chi connectivity index (χ3v) is 2.59. The highest BCUT2D eigenvalue weighted by molar-refractivity contribution is 9.08. The standard InChI is InChI=1S/C5H3BrClNOS/c6-1-3-4(2-9)10-5(7)8-3/h2H,1H2. The Labute approximate surface area is 75.4 Å². The van der Waals surface area contributed by atoms with Gasteiger partial charge in [-0.2, -0.15) is 0 Å². The quantitative estimate of drug-likeness (QED) is 0.587. The van der Waals surface area contributed by atoms with Crippen LogP contribution in [0.4, 0.5) is 0 Å². The van der Waals surface area contributed by atoms with Crippen molar-refractivity contribution >= 4 is 45.2 Å². The second kappa shape index (κ2) is 3.46. The van der Waals surface area contributed by atoms with E-state index < -0.39 is 0 Å². The lowest BCUT2D eigenvalue weighted by Crippen LogP contribution is -1.82. The number of aldehydes is 1. The minimum Gasteiger partial charge on any atom is -0.297 e. The largest absolute Gasteiger partial charge is 0.297 e. The average molecular weight is 241 g/mol. The van der Waals surface area contributed by atoms with Crippen LogP contribution in [0.1, 0.15) is 15.4 Å². The number of thiazole rings is 1. The van der Waals surface area contributed by atoms with E-state index in [1.54, 1.807) is 0 Å². The summed E-state index contributed by atoms with van der Waals surface area (Å²) in [7, 11) is 0. The van der Waals surface area contributed by atoms with Crippen molar-refractivity contribution in [2.75, 3.05) is 0 Å². The van der Waals surface area contributed by atoms with Crippen LogP contribution >= 0.6 is 38.9 Å². The molecule has 5 heteroatoms. The Balaban J connectivity index is 3.08. The topological polar surface area (TPSA) is 30.0 Å². The van der Waals surface area contributed by atoms with Crippen LogP contribution in [0.3, 0.4) is 0 Å². The molecule has 0 fully saturated rings. The Hall–Kier alpha value is 0.0700. The van der Waals surface area contributed by atoms with Gasteiger partial charge in [-0.15, -0.1) is 0 Å². The molecule has 0 spiro atoms. The summed E-state index contributed by atoms with van der Waals surface area (Å²) >= 11 is 9.94. The number of carbonyl (C=O) groups excluding carboxylic acids is 1. The minimum absolute atomic E-state index is 0.413. The lowest BCUT2D eigenvalue weighted by atomic mass is 10.4. The monoisotopic (exact) mass is 239 g/mol. The maximum Gasteiger partial charge on any atom is 0.184 e. The first-order valence-corrected chi connectivity index (χ1v) is 4.76. The Morgan fingerprint density at radius 1 is 1.80 bits per heavy atom. The number of hydrogen-bond acceptors (Lipinski definition) is 3. The summed E-state index contributed by atoms with van der Waals surface area (Å²) in [5, 5.41) is 0.574. The van der Waals surface area contributed by atoms with E-state index in [-0.39, 0.29) is 0 Å². The SMILES string of the molecule is O=Cc1sc(Cl)nc1CBr. The highest BCUT2D eigenvalue weighted by Gasteiger charge is 2.06. The van der Waals surface area contributed by atoms with Crippen molar-refractivity contribution < 1.29 is 4.79 Å².